The lowest BCUT2D eigenvalue weighted by Crippen LogP contribution is -2.13. The first-order chi connectivity index (χ1) is 14.9. The molecule has 3 aromatic rings. The number of carbonyl (C=O) groups is 1. The van der Waals surface area contributed by atoms with Crippen molar-refractivity contribution in [3.05, 3.63) is 52.0 Å². The molecular weight excluding hydrogens is 446 g/mol. The van der Waals surface area contributed by atoms with Crippen LogP contribution in [-0.2, 0) is 0 Å². The first-order valence-corrected chi connectivity index (χ1v) is 10.4. The standard InChI is InChI=1S/C21H15ClF2N4O2S/c1-30-17-10-25-16(19(23)24)6-14(17)13-7-18(22)26-9-15(13)20(29)28-21-27-8-12(31-21)5-4-11-2-3-11/h6-11,19H,2-3H2,1H3,(H,27,28,29). The van der Waals surface area contributed by atoms with E-state index >= 15 is 0 Å². The van der Waals surface area contributed by atoms with Crippen molar-refractivity contribution in [3.8, 4) is 28.7 Å². The summed E-state index contributed by atoms with van der Waals surface area (Å²) in [6.45, 7) is 0. The van der Waals surface area contributed by atoms with Crippen LogP contribution in [0.25, 0.3) is 11.1 Å². The van der Waals surface area contributed by atoms with E-state index < -0.39 is 18.0 Å². The van der Waals surface area contributed by atoms with Gasteiger partial charge >= 0.3 is 0 Å². The first kappa shape index (κ1) is 21.2. The van der Waals surface area contributed by atoms with Gasteiger partial charge in [-0.15, -0.1) is 0 Å². The maximum absolute atomic E-state index is 13.2. The minimum atomic E-state index is -2.79. The second-order valence-electron chi connectivity index (χ2n) is 6.69. The molecule has 0 radical (unpaired) electrons. The lowest BCUT2D eigenvalue weighted by Gasteiger charge is -2.14. The summed E-state index contributed by atoms with van der Waals surface area (Å²) in [6.07, 6.45) is 3.50. The number of nitrogens with zero attached hydrogens (tertiary/aromatic N) is 3. The minimum Gasteiger partial charge on any atom is -0.494 e. The zero-order chi connectivity index (χ0) is 22.0. The van der Waals surface area contributed by atoms with Crippen molar-refractivity contribution in [1.29, 1.82) is 0 Å². The highest BCUT2D eigenvalue weighted by Crippen LogP contribution is 2.35. The van der Waals surface area contributed by atoms with Crippen LogP contribution in [0.2, 0.25) is 5.15 Å². The number of carbonyl (C=O) groups excluding carboxylic acids is 1. The van der Waals surface area contributed by atoms with Crippen LogP contribution in [-0.4, -0.2) is 28.0 Å². The van der Waals surface area contributed by atoms with E-state index in [-0.39, 0.29) is 27.6 Å². The Morgan fingerprint density at radius 1 is 1.23 bits per heavy atom. The Hall–Kier alpha value is -3.09. The summed E-state index contributed by atoms with van der Waals surface area (Å²) in [4.78, 5) is 25.5. The Balaban J connectivity index is 1.67. The Morgan fingerprint density at radius 2 is 2.03 bits per heavy atom. The number of anilines is 1. The fraction of sp³-hybridized carbons (Fsp3) is 0.238. The fourth-order valence-corrected chi connectivity index (χ4v) is 3.57. The number of hydrogen-bond acceptors (Lipinski definition) is 6. The van der Waals surface area contributed by atoms with Gasteiger partial charge in [-0.3, -0.25) is 15.1 Å². The van der Waals surface area contributed by atoms with Gasteiger partial charge in [0.05, 0.1) is 29.9 Å². The van der Waals surface area contributed by atoms with Crippen LogP contribution < -0.4 is 10.1 Å². The highest BCUT2D eigenvalue weighted by Gasteiger charge is 2.21. The van der Waals surface area contributed by atoms with E-state index in [0.29, 0.717) is 11.0 Å². The molecular formula is C21H15ClF2N4O2S. The van der Waals surface area contributed by atoms with Gasteiger partial charge in [0.25, 0.3) is 12.3 Å². The van der Waals surface area contributed by atoms with Crippen molar-refractivity contribution in [2.75, 3.05) is 12.4 Å². The molecule has 6 nitrogen and oxygen atoms in total. The summed E-state index contributed by atoms with van der Waals surface area (Å²) in [6, 6.07) is 2.58. The van der Waals surface area contributed by atoms with Gasteiger partial charge in [0.2, 0.25) is 0 Å². The maximum Gasteiger partial charge on any atom is 0.280 e. The van der Waals surface area contributed by atoms with Gasteiger partial charge in [0.15, 0.2) is 5.13 Å². The normalized spacial score (nSPS) is 12.9. The molecule has 0 saturated heterocycles. The molecule has 1 fully saturated rings. The van der Waals surface area contributed by atoms with Crippen molar-refractivity contribution in [2.45, 2.75) is 19.3 Å². The Bertz CT molecular complexity index is 1200. The average Bonchev–Trinajstić information content (AvgIpc) is 3.49. The molecule has 1 amide bonds. The summed E-state index contributed by atoms with van der Waals surface area (Å²) < 4.78 is 31.7. The van der Waals surface area contributed by atoms with E-state index in [1.165, 1.54) is 43.0 Å². The molecule has 1 N–H and O–H groups in total. The topological polar surface area (TPSA) is 77.0 Å². The van der Waals surface area contributed by atoms with Gasteiger partial charge in [-0.1, -0.05) is 34.8 Å². The molecule has 10 heteroatoms. The molecule has 3 heterocycles. The number of aromatic nitrogens is 3. The number of alkyl halides is 2. The number of thiazole rings is 1. The zero-order valence-corrected chi connectivity index (χ0v) is 17.7. The average molecular weight is 461 g/mol. The van der Waals surface area contributed by atoms with E-state index in [2.05, 4.69) is 32.1 Å². The number of rotatable bonds is 5. The van der Waals surface area contributed by atoms with Crippen LogP contribution in [0, 0.1) is 17.8 Å². The quantitative estimate of drug-likeness (QED) is 0.417. The van der Waals surface area contributed by atoms with Crippen molar-refractivity contribution in [2.24, 2.45) is 5.92 Å². The number of halogens is 3. The minimum absolute atomic E-state index is 0.0934. The van der Waals surface area contributed by atoms with Crippen LogP contribution in [0.15, 0.2) is 30.7 Å². The number of ether oxygens (including phenoxy) is 1. The summed E-state index contributed by atoms with van der Waals surface area (Å²) in [5.41, 5.74) is 0.199. The van der Waals surface area contributed by atoms with Crippen molar-refractivity contribution < 1.29 is 18.3 Å². The second kappa shape index (κ2) is 8.96. The lowest BCUT2D eigenvalue weighted by molar-refractivity contribution is 0.102. The smallest absolute Gasteiger partial charge is 0.280 e. The van der Waals surface area contributed by atoms with E-state index in [4.69, 9.17) is 16.3 Å². The molecule has 31 heavy (non-hydrogen) atoms. The molecule has 3 aromatic heterocycles. The van der Waals surface area contributed by atoms with Crippen LogP contribution in [0.3, 0.4) is 0 Å². The first-order valence-electron chi connectivity index (χ1n) is 9.21. The summed E-state index contributed by atoms with van der Waals surface area (Å²) in [7, 11) is 1.38. The number of methoxy groups -OCH3 is 1. The van der Waals surface area contributed by atoms with Gasteiger partial charge in [-0.2, -0.15) is 0 Å². The second-order valence-corrected chi connectivity index (χ2v) is 8.11. The summed E-state index contributed by atoms with van der Waals surface area (Å²) in [5.74, 6) is 6.33. The monoisotopic (exact) mass is 460 g/mol. The van der Waals surface area contributed by atoms with Crippen LogP contribution in [0.5, 0.6) is 5.75 Å². The molecule has 0 spiro atoms. The number of nitrogens with one attached hydrogen (secondary N) is 1. The van der Waals surface area contributed by atoms with Crippen LogP contribution in [0.4, 0.5) is 13.9 Å². The number of hydrogen-bond donors (Lipinski definition) is 1. The zero-order valence-electron chi connectivity index (χ0n) is 16.2. The number of amides is 1. The van der Waals surface area contributed by atoms with Gasteiger partial charge in [0, 0.05) is 23.2 Å². The third kappa shape index (κ3) is 4.98. The van der Waals surface area contributed by atoms with Crippen molar-refractivity contribution in [3.63, 3.8) is 0 Å². The molecule has 4 rings (SSSR count). The molecule has 158 valence electrons. The summed E-state index contributed by atoms with van der Waals surface area (Å²) in [5, 5.41) is 3.15. The summed E-state index contributed by atoms with van der Waals surface area (Å²) >= 11 is 7.27. The number of pyridine rings is 2. The Labute approximate surface area is 185 Å². The molecule has 0 atom stereocenters. The largest absolute Gasteiger partial charge is 0.494 e. The molecule has 1 aliphatic carbocycles. The molecule has 0 aromatic carbocycles. The van der Waals surface area contributed by atoms with E-state index in [1.807, 2.05) is 0 Å². The van der Waals surface area contributed by atoms with Crippen molar-refractivity contribution in [1.82, 2.24) is 15.0 Å². The maximum atomic E-state index is 13.2. The lowest BCUT2D eigenvalue weighted by atomic mass is 10.0. The van der Waals surface area contributed by atoms with E-state index in [1.54, 1.807) is 6.20 Å². The van der Waals surface area contributed by atoms with Gasteiger partial charge < -0.3 is 4.74 Å². The Morgan fingerprint density at radius 3 is 2.74 bits per heavy atom. The SMILES string of the molecule is COc1cnc(C(F)F)cc1-c1cc(Cl)ncc1C(=O)Nc1ncc(C#CC2CC2)s1. The predicted molar refractivity (Wildman–Crippen MR) is 114 cm³/mol. The predicted octanol–water partition coefficient (Wildman–Crippen LogP) is 5.21. The van der Waals surface area contributed by atoms with Gasteiger partial charge in [-0.25, -0.2) is 18.7 Å². The van der Waals surface area contributed by atoms with Gasteiger partial charge in [0.1, 0.15) is 16.6 Å². The molecule has 0 aliphatic heterocycles. The van der Waals surface area contributed by atoms with Crippen LogP contribution >= 0.6 is 22.9 Å². The Kier molecular flexibility index (Phi) is 6.11. The molecule has 0 bridgehead atoms. The molecule has 1 saturated carbocycles. The van der Waals surface area contributed by atoms with Crippen molar-refractivity contribution >= 4 is 34.0 Å². The highest BCUT2D eigenvalue weighted by atomic mass is 35.5. The molecule has 0 unspecified atom stereocenters. The van der Waals surface area contributed by atoms with Gasteiger partial charge in [-0.05, 0) is 25.0 Å². The molecule has 1 aliphatic rings. The van der Waals surface area contributed by atoms with Crippen LogP contribution in [0.1, 0.15) is 40.2 Å². The highest BCUT2D eigenvalue weighted by molar-refractivity contribution is 7.16. The van der Waals surface area contributed by atoms with E-state index in [0.717, 1.165) is 17.7 Å². The van der Waals surface area contributed by atoms with E-state index in [9.17, 15) is 13.6 Å². The third-order valence-corrected chi connectivity index (χ3v) is 5.48. The third-order valence-electron chi connectivity index (χ3n) is 4.44. The fourth-order valence-electron chi connectivity index (χ4n) is 2.74.